The molecule has 3 nitrogen and oxygen atoms in total. The van der Waals surface area contributed by atoms with E-state index in [0.717, 1.165) is 32.4 Å². The normalized spacial score (nSPS) is 21.7. The SMILES string of the molecule is CCCNC1c2ccccc2CCC1OCCOCC. The zero-order valence-corrected chi connectivity index (χ0v) is 12.7. The minimum absolute atomic E-state index is 0.261. The highest BCUT2D eigenvalue weighted by molar-refractivity contribution is 5.33. The summed E-state index contributed by atoms with van der Waals surface area (Å²) < 4.78 is 11.4. The first-order valence-corrected chi connectivity index (χ1v) is 7.87. The Morgan fingerprint density at radius 3 is 2.85 bits per heavy atom. The van der Waals surface area contributed by atoms with E-state index in [4.69, 9.17) is 9.47 Å². The summed E-state index contributed by atoms with van der Waals surface area (Å²) in [6.45, 7) is 7.38. The minimum Gasteiger partial charge on any atom is -0.379 e. The van der Waals surface area contributed by atoms with E-state index >= 15 is 0 Å². The molecule has 3 heteroatoms. The van der Waals surface area contributed by atoms with Gasteiger partial charge in [0.25, 0.3) is 0 Å². The van der Waals surface area contributed by atoms with Gasteiger partial charge in [-0.3, -0.25) is 0 Å². The van der Waals surface area contributed by atoms with E-state index in [1.54, 1.807) is 0 Å². The summed E-state index contributed by atoms with van der Waals surface area (Å²) in [5, 5.41) is 3.65. The largest absolute Gasteiger partial charge is 0.379 e. The standard InChI is InChI=1S/C17H27NO2/c1-3-11-18-17-15-8-6-5-7-14(15)9-10-16(17)20-13-12-19-4-2/h5-8,16-18H,3-4,9-13H2,1-2H3. The second-order valence-electron chi connectivity index (χ2n) is 5.28. The Kier molecular flexibility index (Phi) is 6.51. The molecule has 0 amide bonds. The Labute approximate surface area is 122 Å². The summed E-state index contributed by atoms with van der Waals surface area (Å²) in [5.74, 6) is 0. The summed E-state index contributed by atoms with van der Waals surface area (Å²) in [4.78, 5) is 0. The molecular formula is C17H27NO2. The van der Waals surface area contributed by atoms with Crippen LogP contribution in [0.3, 0.4) is 0 Å². The summed E-state index contributed by atoms with van der Waals surface area (Å²) in [5.41, 5.74) is 2.87. The maximum atomic E-state index is 6.06. The summed E-state index contributed by atoms with van der Waals surface area (Å²) in [6, 6.07) is 9.06. The zero-order chi connectivity index (χ0) is 14.2. The van der Waals surface area contributed by atoms with Gasteiger partial charge in [-0.05, 0) is 43.9 Å². The Bertz CT molecular complexity index is 394. The second kappa shape index (κ2) is 8.40. The van der Waals surface area contributed by atoms with Gasteiger partial charge in [-0.15, -0.1) is 0 Å². The molecule has 0 saturated heterocycles. The average molecular weight is 277 g/mol. The number of aryl methyl sites for hydroxylation is 1. The number of hydrogen-bond acceptors (Lipinski definition) is 3. The Morgan fingerprint density at radius 1 is 1.20 bits per heavy atom. The van der Waals surface area contributed by atoms with Gasteiger partial charge >= 0.3 is 0 Å². The van der Waals surface area contributed by atoms with Crippen LogP contribution in [-0.4, -0.2) is 32.5 Å². The lowest BCUT2D eigenvalue weighted by Gasteiger charge is -2.34. The van der Waals surface area contributed by atoms with Crippen LogP contribution in [0.2, 0.25) is 0 Å². The molecule has 0 aliphatic heterocycles. The molecule has 0 fully saturated rings. The molecule has 112 valence electrons. The summed E-state index contributed by atoms with van der Waals surface area (Å²) in [6.07, 6.45) is 3.60. The fourth-order valence-corrected chi connectivity index (χ4v) is 2.85. The van der Waals surface area contributed by atoms with E-state index < -0.39 is 0 Å². The van der Waals surface area contributed by atoms with Crippen molar-refractivity contribution in [1.29, 1.82) is 0 Å². The Morgan fingerprint density at radius 2 is 2.05 bits per heavy atom. The molecule has 1 aromatic carbocycles. The van der Waals surface area contributed by atoms with Gasteiger partial charge in [0.2, 0.25) is 0 Å². The van der Waals surface area contributed by atoms with Crippen LogP contribution >= 0.6 is 0 Å². The molecule has 1 aliphatic carbocycles. The number of ether oxygens (including phenoxy) is 2. The van der Waals surface area contributed by atoms with E-state index in [-0.39, 0.29) is 6.10 Å². The fraction of sp³-hybridized carbons (Fsp3) is 0.647. The molecule has 1 aromatic rings. The van der Waals surface area contributed by atoms with Gasteiger partial charge in [-0.1, -0.05) is 31.2 Å². The van der Waals surface area contributed by atoms with E-state index in [1.807, 2.05) is 6.92 Å². The fourth-order valence-electron chi connectivity index (χ4n) is 2.85. The third-order valence-corrected chi connectivity index (χ3v) is 3.84. The third kappa shape index (κ3) is 4.05. The molecule has 0 heterocycles. The lowest BCUT2D eigenvalue weighted by atomic mass is 9.85. The van der Waals surface area contributed by atoms with Crippen LogP contribution in [0.15, 0.2) is 24.3 Å². The smallest absolute Gasteiger partial charge is 0.0774 e. The van der Waals surface area contributed by atoms with Crippen molar-refractivity contribution in [2.45, 2.75) is 45.3 Å². The van der Waals surface area contributed by atoms with Gasteiger partial charge in [0.05, 0.1) is 25.4 Å². The van der Waals surface area contributed by atoms with E-state index in [1.165, 1.54) is 11.1 Å². The number of nitrogens with one attached hydrogen (secondary N) is 1. The van der Waals surface area contributed by atoms with Gasteiger partial charge in [0.15, 0.2) is 0 Å². The van der Waals surface area contributed by atoms with Crippen molar-refractivity contribution in [3.05, 3.63) is 35.4 Å². The summed E-state index contributed by atoms with van der Waals surface area (Å²) in [7, 11) is 0. The second-order valence-corrected chi connectivity index (χ2v) is 5.28. The van der Waals surface area contributed by atoms with Crippen molar-refractivity contribution in [3.63, 3.8) is 0 Å². The molecule has 1 N–H and O–H groups in total. The highest BCUT2D eigenvalue weighted by Crippen LogP contribution is 2.31. The molecule has 2 rings (SSSR count). The molecular weight excluding hydrogens is 250 g/mol. The summed E-state index contributed by atoms with van der Waals surface area (Å²) >= 11 is 0. The minimum atomic E-state index is 0.261. The van der Waals surface area contributed by atoms with Gasteiger partial charge < -0.3 is 14.8 Å². The number of rotatable bonds is 8. The van der Waals surface area contributed by atoms with Crippen LogP contribution in [0.4, 0.5) is 0 Å². The van der Waals surface area contributed by atoms with Gasteiger partial charge in [-0.2, -0.15) is 0 Å². The molecule has 2 atom stereocenters. The van der Waals surface area contributed by atoms with Crippen LogP contribution in [0, 0.1) is 0 Å². The number of fused-ring (bicyclic) bond motifs is 1. The molecule has 0 saturated carbocycles. The van der Waals surface area contributed by atoms with E-state index in [9.17, 15) is 0 Å². The Hall–Kier alpha value is -0.900. The van der Waals surface area contributed by atoms with Crippen molar-refractivity contribution < 1.29 is 9.47 Å². The van der Waals surface area contributed by atoms with Crippen molar-refractivity contribution in [1.82, 2.24) is 5.32 Å². The number of hydrogen-bond donors (Lipinski definition) is 1. The Balaban J connectivity index is 2.00. The third-order valence-electron chi connectivity index (χ3n) is 3.84. The van der Waals surface area contributed by atoms with Gasteiger partial charge in [-0.25, -0.2) is 0 Å². The van der Waals surface area contributed by atoms with Crippen LogP contribution in [0.25, 0.3) is 0 Å². The highest BCUT2D eigenvalue weighted by Gasteiger charge is 2.29. The molecule has 1 aliphatic rings. The van der Waals surface area contributed by atoms with Crippen LogP contribution < -0.4 is 5.32 Å². The lowest BCUT2D eigenvalue weighted by Crippen LogP contribution is -2.38. The highest BCUT2D eigenvalue weighted by atomic mass is 16.5. The van der Waals surface area contributed by atoms with Crippen LogP contribution in [0.1, 0.15) is 43.9 Å². The average Bonchev–Trinajstić information content (AvgIpc) is 2.50. The monoisotopic (exact) mass is 277 g/mol. The molecule has 20 heavy (non-hydrogen) atoms. The number of benzene rings is 1. The van der Waals surface area contributed by atoms with Crippen molar-refractivity contribution in [2.24, 2.45) is 0 Å². The van der Waals surface area contributed by atoms with E-state index in [0.29, 0.717) is 19.3 Å². The van der Waals surface area contributed by atoms with Crippen LogP contribution in [-0.2, 0) is 15.9 Å². The van der Waals surface area contributed by atoms with Crippen molar-refractivity contribution >= 4 is 0 Å². The first-order valence-electron chi connectivity index (χ1n) is 7.87. The molecule has 0 bridgehead atoms. The molecule has 0 aromatic heterocycles. The topological polar surface area (TPSA) is 30.5 Å². The first-order chi connectivity index (χ1) is 9.86. The van der Waals surface area contributed by atoms with Gasteiger partial charge in [0, 0.05) is 6.61 Å². The maximum Gasteiger partial charge on any atom is 0.0774 e. The molecule has 2 unspecified atom stereocenters. The predicted octanol–water partition coefficient (Wildman–Crippen LogP) is 3.10. The van der Waals surface area contributed by atoms with Crippen molar-refractivity contribution in [2.75, 3.05) is 26.4 Å². The molecule has 0 spiro atoms. The quantitative estimate of drug-likeness (QED) is 0.741. The first kappa shape index (κ1) is 15.5. The maximum absolute atomic E-state index is 6.06. The molecule has 0 radical (unpaired) electrons. The lowest BCUT2D eigenvalue weighted by molar-refractivity contribution is -0.0169. The van der Waals surface area contributed by atoms with E-state index in [2.05, 4.69) is 36.5 Å². The van der Waals surface area contributed by atoms with Crippen molar-refractivity contribution in [3.8, 4) is 0 Å². The predicted molar refractivity (Wildman–Crippen MR) is 82.0 cm³/mol. The van der Waals surface area contributed by atoms with Gasteiger partial charge in [0.1, 0.15) is 0 Å². The zero-order valence-electron chi connectivity index (χ0n) is 12.7. The van der Waals surface area contributed by atoms with Crippen LogP contribution in [0.5, 0.6) is 0 Å².